The van der Waals surface area contributed by atoms with Gasteiger partial charge in [-0.25, -0.2) is 0 Å². The molecule has 1 aliphatic heterocycles. The molecule has 1 aliphatic rings. The first-order valence-corrected chi connectivity index (χ1v) is 5.00. The molecule has 1 saturated heterocycles. The van der Waals surface area contributed by atoms with E-state index in [-0.39, 0.29) is 23.1 Å². The molecule has 3 nitrogen and oxygen atoms in total. The molecule has 68 valence electrons. The van der Waals surface area contributed by atoms with Gasteiger partial charge in [0.1, 0.15) is 6.04 Å². The van der Waals surface area contributed by atoms with Crippen LogP contribution < -0.4 is 0 Å². The van der Waals surface area contributed by atoms with Crippen molar-refractivity contribution in [2.24, 2.45) is 0 Å². The largest absolute Gasteiger partial charge is 0.320 e. The van der Waals surface area contributed by atoms with Crippen LogP contribution in [0.3, 0.4) is 0 Å². The van der Waals surface area contributed by atoms with Gasteiger partial charge in [0.15, 0.2) is 5.78 Å². The van der Waals surface area contributed by atoms with Crippen molar-refractivity contribution in [1.29, 1.82) is 0 Å². The van der Waals surface area contributed by atoms with E-state index >= 15 is 0 Å². The number of ketones is 1. The van der Waals surface area contributed by atoms with Gasteiger partial charge in [-0.05, 0) is 13.8 Å². The highest BCUT2D eigenvalue weighted by Crippen LogP contribution is 2.28. The van der Waals surface area contributed by atoms with Crippen molar-refractivity contribution in [1.82, 2.24) is 4.90 Å². The summed E-state index contributed by atoms with van der Waals surface area (Å²) in [5, 5.41) is 0.149. The van der Waals surface area contributed by atoms with Gasteiger partial charge >= 0.3 is 0 Å². The smallest absolute Gasteiger partial charge is 0.220 e. The zero-order valence-electron chi connectivity index (χ0n) is 7.53. The van der Waals surface area contributed by atoms with Gasteiger partial charge in [-0.3, -0.25) is 9.59 Å². The predicted molar refractivity (Wildman–Crippen MR) is 48.9 cm³/mol. The van der Waals surface area contributed by atoms with E-state index in [0.717, 1.165) is 5.75 Å². The summed E-state index contributed by atoms with van der Waals surface area (Å²) in [5.41, 5.74) is 0. The van der Waals surface area contributed by atoms with Crippen LogP contribution in [0, 0.1) is 0 Å². The maximum absolute atomic E-state index is 11.1. The van der Waals surface area contributed by atoms with Gasteiger partial charge in [-0.2, -0.15) is 0 Å². The summed E-state index contributed by atoms with van der Waals surface area (Å²) < 4.78 is 0. The predicted octanol–water partition coefficient (Wildman–Crippen LogP) is 0.885. The number of hydrogen-bond acceptors (Lipinski definition) is 3. The fraction of sp³-hybridized carbons (Fsp3) is 0.750. The van der Waals surface area contributed by atoms with Crippen molar-refractivity contribution in [2.75, 3.05) is 5.75 Å². The maximum atomic E-state index is 11.1. The number of hydrogen-bond donors (Lipinski definition) is 0. The second kappa shape index (κ2) is 3.47. The van der Waals surface area contributed by atoms with E-state index in [2.05, 4.69) is 0 Å². The lowest BCUT2D eigenvalue weighted by Gasteiger charge is -2.24. The summed E-state index contributed by atoms with van der Waals surface area (Å²) in [5.74, 6) is 0.825. The van der Waals surface area contributed by atoms with Gasteiger partial charge in [0.2, 0.25) is 5.91 Å². The molecule has 1 rings (SSSR count). The molecular formula is C8H13NO2S. The average molecular weight is 187 g/mol. The fourth-order valence-corrected chi connectivity index (χ4v) is 2.75. The average Bonchev–Trinajstić information content (AvgIpc) is 2.30. The normalized spacial score (nSPS) is 29.1. The molecule has 2 atom stereocenters. The molecule has 2 unspecified atom stereocenters. The Morgan fingerprint density at radius 3 is 2.33 bits per heavy atom. The minimum Gasteiger partial charge on any atom is -0.320 e. The molecule has 1 heterocycles. The third-order valence-electron chi connectivity index (χ3n) is 2.06. The minimum absolute atomic E-state index is 0.00676. The Bertz CT molecular complexity index is 217. The van der Waals surface area contributed by atoms with E-state index in [0.29, 0.717) is 0 Å². The highest BCUT2D eigenvalue weighted by Gasteiger charge is 2.35. The highest BCUT2D eigenvalue weighted by molar-refractivity contribution is 8.00. The molecule has 12 heavy (non-hydrogen) atoms. The summed E-state index contributed by atoms with van der Waals surface area (Å²) in [4.78, 5) is 23.9. The van der Waals surface area contributed by atoms with Crippen LogP contribution in [0.15, 0.2) is 0 Å². The first-order chi connectivity index (χ1) is 5.54. The second-order valence-corrected chi connectivity index (χ2v) is 4.33. The van der Waals surface area contributed by atoms with Crippen molar-refractivity contribution in [3.63, 3.8) is 0 Å². The molecule has 0 N–H and O–H groups in total. The van der Waals surface area contributed by atoms with E-state index in [1.807, 2.05) is 6.92 Å². The Hall–Kier alpha value is -0.510. The van der Waals surface area contributed by atoms with E-state index < -0.39 is 0 Å². The van der Waals surface area contributed by atoms with Crippen LogP contribution in [-0.2, 0) is 9.59 Å². The van der Waals surface area contributed by atoms with Crippen LogP contribution in [0.4, 0.5) is 0 Å². The van der Waals surface area contributed by atoms with Gasteiger partial charge < -0.3 is 4.90 Å². The Balaban J connectivity index is 2.77. The molecule has 0 radical (unpaired) electrons. The first kappa shape index (κ1) is 9.58. The number of Topliss-reactive ketones (excluding diaryl/α,β-unsaturated/α-hetero) is 1. The molecule has 1 amide bonds. The van der Waals surface area contributed by atoms with Crippen LogP contribution in [0.5, 0.6) is 0 Å². The fourth-order valence-electron chi connectivity index (χ4n) is 1.43. The lowest BCUT2D eigenvalue weighted by molar-refractivity contribution is -0.136. The Kier molecular flexibility index (Phi) is 2.77. The van der Waals surface area contributed by atoms with Crippen LogP contribution in [0.2, 0.25) is 0 Å². The number of rotatable bonds is 1. The van der Waals surface area contributed by atoms with Crippen molar-refractivity contribution in [3.05, 3.63) is 0 Å². The molecule has 4 heteroatoms. The summed E-state index contributed by atoms with van der Waals surface area (Å²) in [6.45, 7) is 5.01. The SMILES string of the molecule is CC(=O)C1CSC(C)N1C(C)=O. The molecule has 1 fully saturated rings. The molecule has 0 aromatic heterocycles. The lowest BCUT2D eigenvalue weighted by Crippen LogP contribution is -2.42. The number of carbonyl (C=O) groups is 2. The molecule has 0 aromatic carbocycles. The zero-order valence-corrected chi connectivity index (χ0v) is 8.35. The number of thioether (sulfide) groups is 1. The minimum atomic E-state index is -0.192. The summed E-state index contributed by atoms with van der Waals surface area (Å²) in [6.07, 6.45) is 0. The Morgan fingerprint density at radius 2 is 2.00 bits per heavy atom. The Morgan fingerprint density at radius 1 is 1.42 bits per heavy atom. The van der Waals surface area contributed by atoms with E-state index in [9.17, 15) is 9.59 Å². The first-order valence-electron chi connectivity index (χ1n) is 3.95. The maximum Gasteiger partial charge on any atom is 0.220 e. The van der Waals surface area contributed by atoms with Crippen LogP contribution in [0.25, 0.3) is 0 Å². The molecule has 0 bridgehead atoms. The molecule has 0 aliphatic carbocycles. The van der Waals surface area contributed by atoms with Gasteiger partial charge in [0.05, 0.1) is 5.37 Å². The van der Waals surface area contributed by atoms with Crippen LogP contribution in [-0.4, -0.2) is 33.8 Å². The van der Waals surface area contributed by atoms with E-state index in [1.165, 1.54) is 6.92 Å². The van der Waals surface area contributed by atoms with Crippen LogP contribution >= 0.6 is 11.8 Å². The van der Waals surface area contributed by atoms with Gasteiger partial charge in [-0.1, -0.05) is 0 Å². The molecule has 0 spiro atoms. The molecular weight excluding hydrogens is 174 g/mol. The monoisotopic (exact) mass is 187 g/mol. The number of carbonyl (C=O) groups excluding carboxylic acids is 2. The van der Waals surface area contributed by atoms with E-state index in [4.69, 9.17) is 0 Å². The van der Waals surface area contributed by atoms with Gasteiger partial charge in [0, 0.05) is 12.7 Å². The van der Waals surface area contributed by atoms with Crippen LogP contribution in [0.1, 0.15) is 20.8 Å². The third kappa shape index (κ3) is 1.63. The van der Waals surface area contributed by atoms with Gasteiger partial charge in [0.25, 0.3) is 0 Å². The Labute approximate surface area is 76.5 Å². The van der Waals surface area contributed by atoms with Crippen molar-refractivity contribution < 1.29 is 9.59 Å². The summed E-state index contributed by atoms with van der Waals surface area (Å²) in [6, 6.07) is -0.192. The van der Waals surface area contributed by atoms with Gasteiger partial charge in [-0.15, -0.1) is 11.8 Å². The summed E-state index contributed by atoms with van der Waals surface area (Å²) in [7, 11) is 0. The van der Waals surface area contributed by atoms with E-state index in [1.54, 1.807) is 23.6 Å². The zero-order chi connectivity index (χ0) is 9.30. The number of nitrogens with zero attached hydrogens (tertiary/aromatic N) is 1. The molecule has 0 saturated carbocycles. The number of amides is 1. The van der Waals surface area contributed by atoms with Crippen molar-refractivity contribution in [2.45, 2.75) is 32.2 Å². The lowest BCUT2D eigenvalue weighted by atomic mass is 10.2. The topological polar surface area (TPSA) is 37.4 Å². The summed E-state index contributed by atoms with van der Waals surface area (Å²) >= 11 is 1.65. The van der Waals surface area contributed by atoms with Crippen molar-refractivity contribution in [3.8, 4) is 0 Å². The molecule has 0 aromatic rings. The highest BCUT2D eigenvalue weighted by atomic mass is 32.2. The quantitative estimate of drug-likeness (QED) is 0.611. The second-order valence-electron chi connectivity index (χ2n) is 2.99. The van der Waals surface area contributed by atoms with Crippen molar-refractivity contribution >= 4 is 23.5 Å². The third-order valence-corrected chi connectivity index (χ3v) is 3.27. The standard InChI is InChI=1S/C8H13NO2S/c1-5(10)8-4-12-7(3)9(8)6(2)11/h7-8H,4H2,1-3H3.